The maximum absolute atomic E-state index is 11.4. The van der Waals surface area contributed by atoms with E-state index in [1.165, 1.54) is 12.3 Å². The summed E-state index contributed by atoms with van der Waals surface area (Å²) in [6, 6.07) is 20.7. The molecule has 3 rings (SSSR count). The second-order valence-corrected chi connectivity index (χ2v) is 7.11. The van der Waals surface area contributed by atoms with Gasteiger partial charge >= 0.3 is 0 Å². The lowest BCUT2D eigenvalue weighted by Gasteiger charge is -2.07. The van der Waals surface area contributed by atoms with Gasteiger partial charge in [0.2, 0.25) is 5.88 Å². The van der Waals surface area contributed by atoms with Crippen molar-refractivity contribution in [2.24, 2.45) is 0 Å². The van der Waals surface area contributed by atoms with Crippen molar-refractivity contribution in [3.8, 4) is 22.8 Å². The summed E-state index contributed by atoms with van der Waals surface area (Å²) in [5.41, 5.74) is 2.23. The zero-order valence-corrected chi connectivity index (χ0v) is 13.3. The van der Waals surface area contributed by atoms with Crippen molar-refractivity contribution in [1.82, 2.24) is 4.98 Å². The van der Waals surface area contributed by atoms with Crippen LogP contribution in [0.15, 0.2) is 77.8 Å². The van der Waals surface area contributed by atoms with Gasteiger partial charge in [0.05, 0.1) is 4.90 Å². The molecule has 0 spiro atoms. The quantitative estimate of drug-likeness (QED) is 0.729. The SMILES string of the molecule is CS(=O)(=O)c1ccc(Oc2ccc(-c3ccccc3)cc2)nc1. The Labute approximate surface area is 135 Å². The Morgan fingerprint density at radius 3 is 2.04 bits per heavy atom. The van der Waals surface area contributed by atoms with Gasteiger partial charge in [-0.3, -0.25) is 0 Å². The molecule has 116 valence electrons. The van der Waals surface area contributed by atoms with Crippen molar-refractivity contribution in [2.45, 2.75) is 4.90 Å². The van der Waals surface area contributed by atoms with Gasteiger partial charge in [0, 0.05) is 18.5 Å². The minimum absolute atomic E-state index is 0.171. The molecule has 3 aromatic rings. The molecule has 5 heteroatoms. The van der Waals surface area contributed by atoms with E-state index in [0.717, 1.165) is 17.4 Å². The Kier molecular flexibility index (Phi) is 4.12. The second kappa shape index (κ2) is 6.22. The van der Waals surface area contributed by atoms with E-state index in [1.54, 1.807) is 6.07 Å². The highest BCUT2D eigenvalue weighted by Gasteiger charge is 2.08. The molecule has 0 N–H and O–H groups in total. The lowest BCUT2D eigenvalue weighted by atomic mass is 10.1. The first-order chi connectivity index (χ1) is 11.0. The third kappa shape index (κ3) is 3.76. The summed E-state index contributed by atoms with van der Waals surface area (Å²) in [5, 5.41) is 0. The largest absolute Gasteiger partial charge is 0.439 e. The Hall–Kier alpha value is -2.66. The van der Waals surface area contributed by atoms with Gasteiger partial charge in [0.15, 0.2) is 9.84 Å². The molecule has 1 aromatic heterocycles. The molecule has 0 aliphatic carbocycles. The summed E-state index contributed by atoms with van der Waals surface area (Å²) < 4.78 is 28.4. The average molecular weight is 325 g/mol. The van der Waals surface area contributed by atoms with Crippen LogP contribution in [0, 0.1) is 0 Å². The highest BCUT2D eigenvalue weighted by Crippen LogP contribution is 2.25. The van der Waals surface area contributed by atoms with Crippen molar-refractivity contribution >= 4 is 9.84 Å². The van der Waals surface area contributed by atoms with E-state index in [2.05, 4.69) is 4.98 Å². The molecule has 0 fully saturated rings. The van der Waals surface area contributed by atoms with Crippen LogP contribution in [0.1, 0.15) is 0 Å². The predicted molar refractivity (Wildman–Crippen MR) is 89.3 cm³/mol. The molecule has 0 radical (unpaired) electrons. The van der Waals surface area contributed by atoms with Crippen LogP contribution in [-0.2, 0) is 9.84 Å². The maximum Gasteiger partial charge on any atom is 0.219 e. The zero-order chi connectivity index (χ0) is 16.3. The minimum atomic E-state index is -3.25. The number of nitrogens with zero attached hydrogens (tertiary/aromatic N) is 1. The molecule has 0 bridgehead atoms. The Bertz CT molecular complexity index is 887. The van der Waals surface area contributed by atoms with Crippen LogP contribution in [0.25, 0.3) is 11.1 Å². The third-order valence-electron chi connectivity index (χ3n) is 3.32. The highest BCUT2D eigenvalue weighted by atomic mass is 32.2. The zero-order valence-electron chi connectivity index (χ0n) is 12.5. The van der Waals surface area contributed by atoms with Gasteiger partial charge in [-0.1, -0.05) is 42.5 Å². The highest BCUT2D eigenvalue weighted by molar-refractivity contribution is 7.90. The lowest BCUT2D eigenvalue weighted by molar-refractivity contribution is 0.462. The maximum atomic E-state index is 11.4. The number of rotatable bonds is 4. The third-order valence-corrected chi connectivity index (χ3v) is 4.42. The molecule has 2 aromatic carbocycles. The van der Waals surface area contributed by atoms with Crippen LogP contribution in [0.5, 0.6) is 11.6 Å². The summed E-state index contributed by atoms with van der Waals surface area (Å²) >= 11 is 0. The number of pyridine rings is 1. The number of aromatic nitrogens is 1. The van der Waals surface area contributed by atoms with E-state index in [0.29, 0.717) is 11.6 Å². The van der Waals surface area contributed by atoms with Gasteiger partial charge in [0.25, 0.3) is 0 Å². The lowest BCUT2D eigenvalue weighted by Crippen LogP contribution is -1.98. The van der Waals surface area contributed by atoms with Crippen LogP contribution >= 0.6 is 0 Å². The molecule has 0 unspecified atom stereocenters. The molecule has 0 saturated carbocycles. The van der Waals surface area contributed by atoms with E-state index in [9.17, 15) is 8.42 Å². The molecule has 0 atom stereocenters. The van der Waals surface area contributed by atoms with Crippen molar-refractivity contribution in [1.29, 1.82) is 0 Å². The first-order valence-electron chi connectivity index (χ1n) is 7.02. The van der Waals surface area contributed by atoms with E-state index in [1.807, 2.05) is 54.6 Å². The smallest absolute Gasteiger partial charge is 0.219 e. The van der Waals surface area contributed by atoms with E-state index in [4.69, 9.17) is 4.74 Å². The molecule has 0 saturated heterocycles. The van der Waals surface area contributed by atoms with Gasteiger partial charge in [-0.2, -0.15) is 0 Å². The Morgan fingerprint density at radius 1 is 0.826 bits per heavy atom. The fourth-order valence-electron chi connectivity index (χ4n) is 2.11. The van der Waals surface area contributed by atoms with E-state index < -0.39 is 9.84 Å². The Balaban J connectivity index is 1.76. The fourth-order valence-corrected chi connectivity index (χ4v) is 2.67. The summed E-state index contributed by atoms with van der Waals surface area (Å²) in [6.07, 6.45) is 2.44. The number of sulfone groups is 1. The molecule has 23 heavy (non-hydrogen) atoms. The van der Waals surface area contributed by atoms with Crippen molar-refractivity contribution in [2.75, 3.05) is 6.26 Å². The van der Waals surface area contributed by atoms with Gasteiger partial charge in [-0.15, -0.1) is 0 Å². The van der Waals surface area contributed by atoms with E-state index >= 15 is 0 Å². The molecule has 0 aliphatic rings. The van der Waals surface area contributed by atoms with E-state index in [-0.39, 0.29) is 4.90 Å². The van der Waals surface area contributed by atoms with Crippen LogP contribution in [0.2, 0.25) is 0 Å². The molecular formula is C18H15NO3S. The number of hydrogen-bond donors (Lipinski definition) is 0. The monoisotopic (exact) mass is 325 g/mol. The molecule has 4 nitrogen and oxygen atoms in total. The van der Waals surface area contributed by atoms with Gasteiger partial charge in [0.1, 0.15) is 5.75 Å². The summed E-state index contributed by atoms with van der Waals surface area (Å²) in [5.74, 6) is 0.995. The molecule has 1 heterocycles. The van der Waals surface area contributed by atoms with Crippen molar-refractivity contribution < 1.29 is 13.2 Å². The number of benzene rings is 2. The number of ether oxygens (including phenoxy) is 1. The summed E-state index contributed by atoms with van der Waals surface area (Å²) in [4.78, 5) is 4.19. The minimum Gasteiger partial charge on any atom is -0.439 e. The first kappa shape index (κ1) is 15.2. The fraction of sp³-hybridized carbons (Fsp3) is 0.0556. The van der Waals surface area contributed by atoms with Gasteiger partial charge in [-0.05, 0) is 29.3 Å². The van der Waals surface area contributed by atoms with Crippen molar-refractivity contribution in [3.05, 3.63) is 72.9 Å². The summed E-state index contributed by atoms with van der Waals surface area (Å²) in [7, 11) is -3.25. The first-order valence-corrected chi connectivity index (χ1v) is 8.91. The normalized spacial score (nSPS) is 11.2. The topological polar surface area (TPSA) is 56.3 Å². The standard InChI is InChI=1S/C18H15NO3S/c1-23(20,21)17-11-12-18(19-13-17)22-16-9-7-15(8-10-16)14-5-3-2-4-6-14/h2-13H,1H3. The second-order valence-electron chi connectivity index (χ2n) is 5.10. The molecule has 0 amide bonds. The Morgan fingerprint density at radius 2 is 1.48 bits per heavy atom. The van der Waals surface area contributed by atoms with Gasteiger partial charge in [-0.25, -0.2) is 13.4 Å². The molecule has 0 aliphatic heterocycles. The van der Waals surface area contributed by atoms with Crippen LogP contribution in [-0.4, -0.2) is 19.7 Å². The van der Waals surface area contributed by atoms with Crippen LogP contribution in [0.4, 0.5) is 0 Å². The molecular weight excluding hydrogens is 310 g/mol. The van der Waals surface area contributed by atoms with Gasteiger partial charge < -0.3 is 4.74 Å². The van der Waals surface area contributed by atoms with Crippen molar-refractivity contribution in [3.63, 3.8) is 0 Å². The average Bonchev–Trinajstić information content (AvgIpc) is 2.56. The number of hydrogen-bond acceptors (Lipinski definition) is 4. The van der Waals surface area contributed by atoms with Crippen LogP contribution in [0.3, 0.4) is 0 Å². The van der Waals surface area contributed by atoms with Crippen LogP contribution < -0.4 is 4.74 Å². The predicted octanol–water partition coefficient (Wildman–Crippen LogP) is 3.94. The summed E-state index contributed by atoms with van der Waals surface area (Å²) in [6.45, 7) is 0.